The van der Waals surface area contributed by atoms with Crippen LogP contribution in [0.4, 0.5) is 5.69 Å². The fourth-order valence-corrected chi connectivity index (χ4v) is 1.93. The second kappa shape index (κ2) is 8.22. The van der Waals surface area contributed by atoms with Crippen molar-refractivity contribution in [3.8, 4) is 11.5 Å². The number of para-hydroxylation sites is 1. The number of carbonyl (C=O) groups is 1. The number of benzene rings is 2. The first-order valence-electron chi connectivity index (χ1n) is 7.80. The van der Waals surface area contributed by atoms with Crippen molar-refractivity contribution >= 4 is 11.6 Å². The van der Waals surface area contributed by atoms with E-state index in [4.69, 9.17) is 9.47 Å². The summed E-state index contributed by atoms with van der Waals surface area (Å²) in [6.45, 7) is 6.55. The molecule has 0 spiro atoms. The number of rotatable bonds is 7. The molecule has 1 atom stereocenters. The molecule has 4 heteroatoms. The van der Waals surface area contributed by atoms with Crippen LogP contribution in [0.2, 0.25) is 0 Å². The number of nitrogens with one attached hydrogen (secondary N) is 1. The maximum Gasteiger partial charge on any atom is 0.265 e. The van der Waals surface area contributed by atoms with Gasteiger partial charge in [-0.2, -0.15) is 0 Å². The zero-order valence-electron chi connectivity index (χ0n) is 13.8. The Morgan fingerprint density at radius 1 is 1.00 bits per heavy atom. The lowest BCUT2D eigenvalue weighted by atomic mass is 10.2. The van der Waals surface area contributed by atoms with Crippen LogP contribution in [0.3, 0.4) is 0 Å². The lowest BCUT2D eigenvalue weighted by molar-refractivity contribution is -0.122. The summed E-state index contributed by atoms with van der Waals surface area (Å²) in [7, 11) is 0. The van der Waals surface area contributed by atoms with Gasteiger partial charge in [-0.1, -0.05) is 38.1 Å². The summed E-state index contributed by atoms with van der Waals surface area (Å²) < 4.78 is 11.3. The van der Waals surface area contributed by atoms with Gasteiger partial charge in [-0.3, -0.25) is 4.79 Å². The summed E-state index contributed by atoms with van der Waals surface area (Å²) in [5, 5.41) is 2.85. The monoisotopic (exact) mass is 313 g/mol. The minimum absolute atomic E-state index is 0.199. The van der Waals surface area contributed by atoms with Gasteiger partial charge in [0.1, 0.15) is 11.5 Å². The number of carbonyl (C=O) groups excluding carboxylic acids is 1. The Hall–Kier alpha value is -2.49. The molecule has 1 N–H and O–H groups in total. The smallest absolute Gasteiger partial charge is 0.265 e. The minimum Gasteiger partial charge on any atom is -0.493 e. The van der Waals surface area contributed by atoms with E-state index < -0.39 is 6.10 Å². The van der Waals surface area contributed by atoms with E-state index in [1.54, 1.807) is 6.92 Å². The van der Waals surface area contributed by atoms with E-state index in [2.05, 4.69) is 19.2 Å². The van der Waals surface area contributed by atoms with Crippen molar-refractivity contribution in [1.82, 2.24) is 0 Å². The highest BCUT2D eigenvalue weighted by atomic mass is 16.5. The van der Waals surface area contributed by atoms with Crippen LogP contribution in [0.5, 0.6) is 11.5 Å². The average Bonchev–Trinajstić information content (AvgIpc) is 2.54. The Kier molecular flexibility index (Phi) is 6.03. The van der Waals surface area contributed by atoms with Gasteiger partial charge in [0.15, 0.2) is 6.10 Å². The van der Waals surface area contributed by atoms with Gasteiger partial charge < -0.3 is 14.8 Å². The SMILES string of the molecule is CC(C)COc1cccc(NC(=O)C(C)Oc2ccccc2)c1. The fraction of sp³-hybridized carbons (Fsp3) is 0.316. The maximum atomic E-state index is 12.2. The molecule has 0 fully saturated rings. The molecule has 122 valence electrons. The van der Waals surface area contributed by atoms with Crippen LogP contribution >= 0.6 is 0 Å². The van der Waals surface area contributed by atoms with Crippen molar-refractivity contribution in [2.45, 2.75) is 26.9 Å². The first-order chi connectivity index (χ1) is 11.0. The Morgan fingerprint density at radius 3 is 2.39 bits per heavy atom. The predicted octanol–water partition coefficient (Wildman–Crippen LogP) is 4.13. The van der Waals surface area contributed by atoms with Gasteiger partial charge in [-0.05, 0) is 37.1 Å². The first kappa shape index (κ1) is 16.9. The Balaban J connectivity index is 1.92. The summed E-state index contributed by atoms with van der Waals surface area (Å²) in [6.07, 6.45) is -0.586. The van der Waals surface area contributed by atoms with Crippen molar-refractivity contribution in [3.05, 3.63) is 54.6 Å². The molecular weight excluding hydrogens is 290 g/mol. The second-order valence-corrected chi connectivity index (χ2v) is 5.80. The molecular formula is C19H23NO3. The highest BCUT2D eigenvalue weighted by Crippen LogP contribution is 2.19. The fourth-order valence-electron chi connectivity index (χ4n) is 1.93. The largest absolute Gasteiger partial charge is 0.493 e. The molecule has 1 amide bonds. The van der Waals surface area contributed by atoms with Gasteiger partial charge >= 0.3 is 0 Å². The van der Waals surface area contributed by atoms with Crippen LogP contribution in [-0.4, -0.2) is 18.6 Å². The normalized spacial score (nSPS) is 11.8. The molecule has 0 saturated heterocycles. The van der Waals surface area contributed by atoms with Crippen LogP contribution in [0.1, 0.15) is 20.8 Å². The molecule has 0 radical (unpaired) electrons. The number of amides is 1. The third-order valence-corrected chi connectivity index (χ3v) is 3.11. The summed E-state index contributed by atoms with van der Waals surface area (Å²) in [5.74, 6) is 1.67. The third-order valence-electron chi connectivity index (χ3n) is 3.11. The van der Waals surface area contributed by atoms with Crippen molar-refractivity contribution < 1.29 is 14.3 Å². The third kappa shape index (κ3) is 5.66. The highest BCUT2D eigenvalue weighted by molar-refractivity contribution is 5.94. The van der Waals surface area contributed by atoms with E-state index >= 15 is 0 Å². The second-order valence-electron chi connectivity index (χ2n) is 5.80. The van der Waals surface area contributed by atoms with Gasteiger partial charge in [-0.25, -0.2) is 0 Å². The van der Waals surface area contributed by atoms with Crippen molar-refractivity contribution in [2.75, 3.05) is 11.9 Å². The molecule has 0 bridgehead atoms. The van der Waals surface area contributed by atoms with Crippen LogP contribution in [0.15, 0.2) is 54.6 Å². The Morgan fingerprint density at radius 2 is 1.70 bits per heavy atom. The number of ether oxygens (including phenoxy) is 2. The van der Waals surface area contributed by atoms with Gasteiger partial charge in [0, 0.05) is 11.8 Å². The summed E-state index contributed by atoms with van der Waals surface area (Å²) in [6, 6.07) is 16.7. The highest BCUT2D eigenvalue weighted by Gasteiger charge is 2.15. The molecule has 2 rings (SSSR count). The molecule has 0 aliphatic carbocycles. The number of hydrogen-bond acceptors (Lipinski definition) is 3. The lowest BCUT2D eigenvalue weighted by Gasteiger charge is -2.15. The van der Waals surface area contributed by atoms with E-state index in [0.717, 1.165) is 5.75 Å². The summed E-state index contributed by atoms with van der Waals surface area (Å²) >= 11 is 0. The minimum atomic E-state index is -0.586. The molecule has 2 aromatic carbocycles. The van der Waals surface area contributed by atoms with Crippen LogP contribution in [0.25, 0.3) is 0 Å². The van der Waals surface area contributed by atoms with E-state index in [-0.39, 0.29) is 5.91 Å². The molecule has 0 heterocycles. The summed E-state index contributed by atoms with van der Waals surface area (Å²) in [4.78, 5) is 12.2. The topological polar surface area (TPSA) is 47.6 Å². The quantitative estimate of drug-likeness (QED) is 0.836. The molecule has 0 aliphatic heterocycles. The average molecular weight is 313 g/mol. The van der Waals surface area contributed by atoms with Crippen molar-refractivity contribution in [1.29, 1.82) is 0 Å². The zero-order chi connectivity index (χ0) is 16.7. The number of hydrogen-bond donors (Lipinski definition) is 1. The van der Waals surface area contributed by atoms with Gasteiger partial charge in [0.25, 0.3) is 5.91 Å². The van der Waals surface area contributed by atoms with Crippen molar-refractivity contribution in [3.63, 3.8) is 0 Å². The maximum absolute atomic E-state index is 12.2. The van der Waals surface area contributed by atoms with Gasteiger partial charge in [0.2, 0.25) is 0 Å². The van der Waals surface area contributed by atoms with E-state index in [9.17, 15) is 4.79 Å². The molecule has 23 heavy (non-hydrogen) atoms. The van der Waals surface area contributed by atoms with E-state index in [1.807, 2.05) is 54.6 Å². The zero-order valence-corrected chi connectivity index (χ0v) is 13.8. The summed E-state index contributed by atoms with van der Waals surface area (Å²) in [5.41, 5.74) is 0.694. The van der Waals surface area contributed by atoms with E-state index in [0.29, 0.717) is 24.0 Å². The molecule has 0 aliphatic rings. The molecule has 0 aromatic heterocycles. The number of anilines is 1. The Labute approximate surface area is 137 Å². The molecule has 1 unspecified atom stereocenters. The van der Waals surface area contributed by atoms with Gasteiger partial charge in [0.05, 0.1) is 6.61 Å². The molecule has 2 aromatic rings. The Bertz CT molecular complexity index is 626. The molecule has 4 nitrogen and oxygen atoms in total. The van der Waals surface area contributed by atoms with Crippen LogP contribution in [0, 0.1) is 5.92 Å². The standard InChI is InChI=1S/C19H23NO3/c1-14(2)13-22-18-11-7-8-16(12-18)20-19(21)15(3)23-17-9-5-4-6-10-17/h4-12,14-15H,13H2,1-3H3,(H,20,21). The van der Waals surface area contributed by atoms with Gasteiger partial charge in [-0.15, -0.1) is 0 Å². The van der Waals surface area contributed by atoms with Crippen LogP contribution < -0.4 is 14.8 Å². The van der Waals surface area contributed by atoms with Crippen molar-refractivity contribution in [2.24, 2.45) is 5.92 Å². The molecule has 0 saturated carbocycles. The van der Waals surface area contributed by atoms with E-state index in [1.165, 1.54) is 0 Å². The first-order valence-corrected chi connectivity index (χ1v) is 7.80. The lowest BCUT2D eigenvalue weighted by Crippen LogP contribution is -2.30. The predicted molar refractivity (Wildman–Crippen MR) is 91.9 cm³/mol. The van der Waals surface area contributed by atoms with Crippen LogP contribution in [-0.2, 0) is 4.79 Å².